The number of para-hydroxylation sites is 4. The van der Waals surface area contributed by atoms with E-state index < -0.39 is 0 Å². The molecule has 4 nitrogen and oxygen atoms in total. The molecule has 4 aromatic rings. The van der Waals surface area contributed by atoms with Gasteiger partial charge in [0.15, 0.2) is 0 Å². The Balaban J connectivity index is -0.000000128. The molecule has 0 heterocycles. The first-order valence-electron chi connectivity index (χ1n) is 10.7. The van der Waals surface area contributed by atoms with Gasteiger partial charge in [-0.05, 0) is 37.1 Å². The number of aromatic hydroxyl groups is 2. The van der Waals surface area contributed by atoms with Crippen molar-refractivity contribution >= 4 is 27.0 Å². The van der Waals surface area contributed by atoms with Gasteiger partial charge in [-0.25, -0.2) is 0 Å². The summed E-state index contributed by atoms with van der Waals surface area (Å²) in [5, 5.41) is 39.2. The fourth-order valence-electron chi connectivity index (χ4n) is 2.51. The summed E-state index contributed by atoms with van der Waals surface area (Å²) in [6, 6.07) is 31.4. The van der Waals surface area contributed by atoms with Crippen LogP contribution in [-0.2, 0) is 89.3 Å². The Morgan fingerprint density at radius 2 is 0.744 bits per heavy atom. The molecule has 0 aliphatic carbocycles. The SMILES string of the molecule is C=CCc1ccccc1[O-].C=CCc1ccccc1[O-].Oc1ccccc1.Oc1ccccc1.[Ni+2].[Ni+2].[Ni+2].[S-2].[S-2]. The van der Waals surface area contributed by atoms with Gasteiger partial charge in [0.1, 0.15) is 11.5 Å². The van der Waals surface area contributed by atoms with Gasteiger partial charge in [-0.15, -0.1) is 24.7 Å². The number of allylic oxidation sites excluding steroid dienone is 2. The van der Waals surface area contributed by atoms with Crippen LogP contribution in [0.5, 0.6) is 23.0 Å². The third kappa shape index (κ3) is 23.4. The summed E-state index contributed by atoms with van der Waals surface area (Å²) < 4.78 is 0. The number of rotatable bonds is 4. The fraction of sp³-hybridized carbons (Fsp3) is 0.0667. The molecule has 9 heteroatoms. The first-order valence-corrected chi connectivity index (χ1v) is 10.7. The molecule has 0 atom stereocenters. The van der Waals surface area contributed by atoms with Crippen molar-refractivity contribution < 1.29 is 69.9 Å². The van der Waals surface area contributed by atoms with Crippen LogP contribution in [0.15, 0.2) is 135 Å². The van der Waals surface area contributed by atoms with Gasteiger partial charge in [0.05, 0.1) is 0 Å². The maximum absolute atomic E-state index is 11.0. The van der Waals surface area contributed by atoms with Crippen molar-refractivity contribution in [2.75, 3.05) is 0 Å². The van der Waals surface area contributed by atoms with E-state index in [-0.39, 0.29) is 88.0 Å². The molecule has 216 valence electrons. The number of phenols is 2. The second kappa shape index (κ2) is 30.3. The molecule has 0 spiro atoms. The molecule has 0 bridgehead atoms. The van der Waals surface area contributed by atoms with Crippen LogP contribution >= 0.6 is 0 Å². The second-order valence-corrected chi connectivity index (χ2v) is 6.87. The topological polar surface area (TPSA) is 86.6 Å². The number of hydrogen-bond acceptors (Lipinski definition) is 4. The van der Waals surface area contributed by atoms with Crippen molar-refractivity contribution in [3.05, 3.63) is 146 Å². The first kappa shape index (κ1) is 46.6. The van der Waals surface area contributed by atoms with E-state index in [9.17, 15) is 10.2 Å². The van der Waals surface area contributed by atoms with E-state index in [4.69, 9.17) is 10.2 Å². The fourth-order valence-corrected chi connectivity index (χ4v) is 2.51. The number of phenolic OH excluding ortho intramolecular Hbond substituents is 2. The molecule has 0 aromatic heterocycles. The van der Waals surface area contributed by atoms with Crippen molar-refractivity contribution in [2.45, 2.75) is 12.8 Å². The molecule has 0 radical (unpaired) electrons. The molecule has 2 N–H and O–H groups in total. The molecular weight excluding hydrogens is 665 g/mol. The van der Waals surface area contributed by atoms with Crippen LogP contribution in [-0.4, -0.2) is 10.2 Å². The van der Waals surface area contributed by atoms with E-state index in [2.05, 4.69) is 13.2 Å². The quantitative estimate of drug-likeness (QED) is 0.211. The minimum atomic E-state index is 0. The summed E-state index contributed by atoms with van der Waals surface area (Å²) in [7, 11) is 0. The third-order valence-electron chi connectivity index (χ3n) is 4.19. The Hall–Kier alpha value is -2.26. The molecule has 39 heavy (non-hydrogen) atoms. The Morgan fingerprint density at radius 3 is 0.949 bits per heavy atom. The molecule has 0 fully saturated rings. The van der Waals surface area contributed by atoms with E-state index in [0.29, 0.717) is 24.3 Å². The van der Waals surface area contributed by atoms with Crippen molar-refractivity contribution in [3.8, 4) is 23.0 Å². The predicted molar refractivity (Wildman–Crippen MR) is 151 cm³/mol. The summed E-state index contributed by atoms with van der Waals surface area (Å²) >= 11 is 0. The number of hydrogen-bond donors (Lipinski definition) is 2. The predicted octanol–water partition coefficient (Wildman–Crippen LogP) is 5.75. The Bertz CT molecular complexity index is 1010. The Morgan fingerprint density at radius 1 is 0.487 bits per heavy atom. The van der Waals surface area contributed by atoms with E-state index in [1.54, 1.807) is 84.9 Å². The van der Waals surface area contributed by atoms with E-state index in [1.807, 2.05) is 36.4 Å². The van der Waals surface area contributed by atoms with Gasteiger partial charge in [-0.1, -0.05) is 108 Å². The van der Waals surface area contributed by atoms with Crippen molar-refractivity contribution in [1.82, 2.24) is 0 Å². The van der Waals surface area contributed by atoms with Crippen LogP contribution in [0.3, 0.4) is 0 Å². The van der Waals surface area contributed by atoms with Crippen molar-refractivity contribution in [1.29, 1.82) is 0 Å². The molecule has 4 aromatic carbocycles. The van der Waals surface area contributed by atoms with E-state index in [0.717, 1.165) is 11.1 Å². The largest absolute Gasteiger partial charge is 2.00 e. The van der Waals surface area contributed by atoms with Crippen LogP contribution in [0.2, 0.25) is 0 Å². The maximum atomic E-state index is 11.0. The van der Waals surface area contributed by atoms with Gasteiger partial charge in [0, 0.05) is 0 Å². The van der Waals surface area contributed by atoms with Gasteiger partial charge in [-0.2, -0.15) is 0 Å². The van der Waals surface area contributed by atoms with Gasteiger partial charge < -0.3 is 47.4 Å². The summed E-state index contributed by atoms with van der Waals surface area (Å²) in [6.07, 6.45) is 4.80. The van der Waals surface area contributed by atoms with Gasteiger partial charge >= 0.3 is 49.5 Å². The molecule has 0 amide bonds. The van der Waals surface area contributed by atoms with E-state index in [1.165, 1.54) is 0 Å². The molecule has 0 aliphatic heterocycles. The van der Waals surface area contributed by atoms with Gasteiger partial charge in [0.2, 0.25) is 0 Å². The monoisotopic (exact) mass is 692 g/mol. The minimum absolute atomic E-state index is 0. The molecule has 4 rings (SSSR count). The van der Waals surface area contributed by atoms with E-state index >= 15 is 0 Å². The number of benzene rings is 4. The van der Waals surface area contributed by atoms with Crippen molar-refractivity contribution in [2.24, 2.45) is 0 Å². The molecular formula is C30H30Ni3O4S2. The molecule has 0 saturated heterocycles. The van der Waals surface area contributed by atoms with Crippen LogP contribution in [0, 0.1) is 0 Å². The first-order chi connectivity index (χ1) is 16.5. The van der Waals surface area contributed by atoms with Gasteiger partial charge in [-0.3, -0.25) is 0 Å². The summed E-state index contributed by atoms with van der Waals surface area (Å²) in [6.45, 7) is 7.12. The Labute approximate surface area is 276 Å². The summed E-state index contributed by atoms with van der Waals surface area (Å²) in [4.78, 5) is 0. The molecule has 0 unspecified atom stereocenters. The average molecular weight is 695 g/mol. The average Bonchev–Trinajstić information content (AvgIpc) is 2.85. The second-order valence-electron chi connectivity index (χ2n) is 6.87. The van der Waals surface area contributed by atoms with Crippen LogP contribution in [0.25, 0.3) is 0 Å². The smallest absolute Gasteiger partial charge is 2.00 e. The van der Waals surface area contributed by atoms with Gasteiger partial charge in [0.25, 0.3) is 0 Å². The third-order valence-corrected chi connectivity index (χ3v) is 4.19. The zero-order chi connectivity index (χ0) is 25.0. The minimum Gasteiger partial charge on any atom is -2.00 e. The zero-order valence-electron chi connectivity index (χ0n) is 20.9. The van der Waals surface area contributed by atoms with Crippen LogP contribution < -0.4 is 10.2 Å². The zero-order valence-corrected chi connectivity index (χ0v) is 25.4. The summed E-state index contributed by atoms with van der Waals surface area (Å²) in [5.74, 6) is 0.842. The van der Waals surface area contributed by atoms with Crippen molar-refractivity contribution in [3.63, 3.8) is 0 Å². The Kier molecular flexibility index (Phi) is 36.2. The molecule has 0 saturated carbocycles. The standard InChI is InChI=1S/2C9H10O.2C6H6O.3Ni.2S/c2*1-2-5-8-6-3-4-7-9(8)10;2*7-6-4-2-1-3-5-6;;;;;/h2*2-4,6-7,10H,1,5H2;2*1-5,7H;;;;;/q;;;;3*+2;2*-2/p-2. The molecule has 0 aliphatic rings. The van der Waals surface area contributed by atoms with Crippen LogP contribution in [0.1, 0.15) is 11.1 Å². The normalized spacial score (nSPS) is 7.79. The summed E-state index contributed by atoms with van der Waals surface area (Å²) in [5.41, 5.74) is 1.63. The van der Waals surface area contributed by atoms with Crippen LogP contribution in [0.4, 0.5) is 0 Å². The maximum Gasteiger partial charge on any atom is 2.00 e.